The van der Waals surface area contributed by atoms with Crippen LogP contribution in [0.3, 0.4) is 0 Å². The van der Waals surface area contributed by atoms with Crippen LogP contribution in [-0.2, 0) is 13.1 Å². The molecule has 0 aliphatic carbocycles. The van der Waals surface area contributed by atoms with Gasteiger partial charge in [-0.2, -0.15) is 0 Å². The van der Waals surface area contributed by atoms with Crippen molar-refractivity contribution >= 4 is 50.4 Å². The van der Waals surface area contributed by atoms with E-state index in [1.807, 2.05) is 121 Å². The Bertz CT molecular complexity index is 2140. The van der Waals surface area contributed by atoms with Crippen LogP contribution in [0.2, 0.25) is 0 Å². The lowest BCUT2D eigenvalue weighted by Crippen LogP contribution is -2.25. The number of anilines is 3. The molecule has 7 aromatic rings. The molecule has 8 rings (SSSR count). The van der Waals surface area contributed by atoms with E-state index in [0.717, 1.165) is 60.9 Å². The fourth-order valence-corrected chi connectivity index (χ4v) is 6.70. The second kappa shape index (κ2) is 11.9. The smallest absolute Gasteiger partial charge is 0.256 e. The third-order valence-corrected chi connectivity index (χ3v) is 8.84. The lowest BCUT2D eigenvalue weighted by molar-refractivity contribution is 0.101. The van der Waals surface area contributed by atoms with Crippen molar-refractivity contribution in [1.29, 1.82) is 0 Å². The van der Waals surface area contributed by atoms with Gasteiger partial charge in [-0.05, 0) is 92.3 Å². The molecule has 6 aromatic carbocycles. The molecular formula is C41H30N4O2. The number of amides is 2. The summed E-state index contributed by atoms with van der Waals surface area (Å²) in [6.45, 7) is 0.898. The first-order chi connectivity index (χ1) is 23.1. The van der Waals surface area contributed by atoms with E-state index < -0.39 is 0 Å². The Kier molecular flexibility index (Phi) is 7.15. The minimum Gasteiger partial charge on any atom is -0.363 e. The van der Waals surface area contributed by atoms with Crippen molar-refractivity contribution in [2.45, 2.75) is 13.1 Å². The molecule has 1 aliphatic heterocycles. The van der Waals surface area contributed by atoms with Gasteiger partial charge in [0.05, 0.1) is 0 Å². The number of carbonyl (C=O) groups excluding carboxylic acids is 2. The van der Waals surface area contributed by atoms with Gasteiger partial charge in [0.1, 0.15) is 0 Å². The Hall–Kier alpha value is -6.27. The van der Waals surface area contributed by atoms with Crippen LogP contribution in [-0.4, -0.2) is 16.8 Å². The van der Waals surface area contributed by atoms with Gasteiger partial charge in [0.25, 0.3) is 11.8 Å². The van der Waals surface area contributed by atoms with E-state index in [2.05, 4.69) is 32.7 Å². The fraction of sp³-hybridized carbons (Fsp3) is 0.0488. The summed E-state index contributed by atoms with van der Waals surface area (Å²) < 4.78 is 0. The number of aromatic nitrogens is 1. The van der Waals surface area contributed by atoms with Gasteiger partial charge in [0.2, 0.25) is 0 Å². The zero-order valence-corrected chi connectivity index (χ0v) is 25.5. The Morgan fingerprint density at radius 3 is 1.43 bits per heavy atom. The van der Waals surface area contributed by atoms with Gasteiger partial charge in [-0.3, -0.25) is 14.6 Å². The summed E-state index contributed by atoms with van der Waals surface area (Å²) in [5.41, 5.74) is 7.34. The zero-order valence-electron chi connectivity index (χ0n) is 25.5. The molecule has 0 unspecified atom stereocenters. The molecule has 1 aliphatic rings. The fourth-order valence-electron chi connectivity index (χ4n) is 6.70. The van der Waals surface area contributed by atoms with E-state index in [4.69, 9.17) is 0 Å². The Morgan fingerprint density at radius 1 is 0.532 bits per heavy atom. The third kappa shape index (κ3) is 5.26. The number of para-hydroxylation sites is 2. The average Bonchev–Trinajstić information content (AvgIpc) is 3.30. The highest BCUT2D eigenvalue weighted by molar-refractivity contribution is 6.17. The van der Waals surface area contributed by atoms with Gasteiger partial charge in [-0.15, -0.1) is 0 Å². The largest absolute Gasteiger partial charge is 0.363 e. The van der Waals surface area contributed by atoms with E-state index in [1.54, 1.807) is 12.4 Å². The number of nitrogens with zero attached hydrogens (tertiary/aromatic N) is 2. The second-order valence-corrected chi connectivity index (χ2v) is 11.7. The van der Waals surface area contributed by atoms with Crippen LogP contribution in [0, 0.1) is 0 Å². The summed E-state index contributed by atoms with van der Waals surface area (Å²) >= 11 is 0. The highest BCUT2D eigenvalue weighted by atomic mass is 16.2. The SMILES string of the molecule is O=C(Nc1ccccc1)c1cc2ccccc2c2c1CN(c1ccncc1)Cc1c(C(=O)Nc3ccccc3)cc3ccccc3c1-2. The van der Waals surface area contributed by atoms with Crippen LogP contribution in [0.1, 0.15) is 31.8 Å². The van der Waals surface area contributed by atoms with Crippen molar-refractivity contribution in [2.75, 3.05) is 15.5 Å². The van der Waals surface area contributed by atoms with Crippen molar-refractivity contribution in [3.8, 4) is 11.1 Å². The van der Waals surface area contributed by atoms with Gasteiger partial charge >= 0.3 is 0 Å². The molecule has 2 amide bonds. The van der Waals surface area contributed by atoms with Gasteiger partial charge in [0, 0.05) is 53.7 Å². The number of hydrogen-bond acceptors (Lipinski definition) is 4. The quantitative estimate of drug-likeness (QED) is 0.204. The van der Waals surface area contributed by atoms with Gasteiger partial charge in [-0.25, -0.2) is 0 Å². The summed E-state index contributed by atoms with van der Waals surface area (Å²) in [7, 11) is 0. The van der Waals surface area contributed by atoms with Crippen LogP contribution in [0.4, 0.5) is 17.1 Å². The molecular weight excluding hydrogens is 580 g/mol. The van der Waals surface area contributed by atoms with Crippen LogP contribution in [0.15, 0.2) is 146 Å². The van der Waals surface area contributed by atoms with Crippen molar-refractivity contribution in [3.05, 3.63) is 168 Å². The molecule has 0 spiro atoms. The minimum absolute atomic E-state index is 0.182. The predicted octanol–water partition coefficient (Wildman–Crippen LogP) is 9.08. The summed E-state index contributed by atoms with van der Waals surface area (Å²) in [5, 5.41) is 10.2. The molecule has 1 aromatic heterocycles. The molecule has 0 radical (unpaired) electrons. The maximum Gasteiger partial charge on any atom is 0.256 e. The molecule has 0 bridgehead atoms. The molecule has 226 valence electrons. The van der Waals surface area contributed by atoms with E-state index in [9.17, 15) is 9.59 Å². The minimum atomic E-state index is -0.182. The van der Waals surface area contributed by atoms with Crippen LogP contribution in [0.25, 0.3) is 32.7 Å². The van der Waals surface area contributed by atoms with Crippen LogP contribution >= 0.6 is 0 Å². The van der Waals surface area contributed by atoms with Crippen molar-refractivity contribution in [3.63, 3.8) is 0 Å². The highest BCUT2D eigenvalue weighted by Gasteiger charge is 2.31. The monoisotopic (exact) mass is 610 g/mol. The molecule has 47 heavy (non-hydrogen) atoms. The highest BCUT2D eigenvalue weighted by Crippen LogP contribution is 2.45. The van der Waals surface area contributed by atoms with E-state index >= 15 is 0 Å². The number of nitrogens with one attached hydrogen (secondary N) is 2. The summed E-state index contributed by atoms with van der Waals surface area (Å²) in [4.78, 5) is 35.0. The Balaban J connectivity index is 1.44. The Morgan fingerprint density at radius 2 is 0.957 bits per heavy atom. The van der Waals surface area contributed by atoms with Gasteiger partial charge in [-0.1, -0.05) is 84.9 Å². The number of fused-ring (bicyclic) bond motifs is 7. The molecule has 6 nitrogen and oxygen atoms in total. The summed E-state index contributed by atoms with van der Waals surface area (Å²) in [6, 6.07) is 43.4. The first kappa shape index (κ1) is 28.2. The lowest BCUT2D eigenvalue weighted by Gasteiger charge is -2.25. The zero-order chi connectivity index (χ0) is 31.7. The third-order valence-electron chi connectivity index (χ3n) is 8.84. The molecule has 6 heteroatoms. The number of carbonyl (C=O) groups is 2. The molecule has 2 N–H and O–H groups in total. The molecule has 0 atom stereocenters. The number of benzene rings is 6. The lowest BCUT2D eigenvalue weighted by atomic mass is 9.84. The van der Waals surface area contributed by atoms with Crippen molar-refractivity contribution in [1.82, 2.24) is 4.98 Å². The first-order valence-electron chi connectivity index (χ1n) is 15.6. The number of rotatable bonds is 5. The number of hydrogen-bond donors (Lipinski definition) is 2. The summed E-state index contributed by atoms with van der Waals surface area (Å²) in [6.07, 6.45) is 3.55. The van der Waals surface area contributed by atoms with Crippen LogP contribution < -0.4 is 15.5 Å². The predicted molar refractivity (Wildman–Crippen MR) is 190 cm³/mol. The normalized spacial score (nSPS) is 12.2. The van der Waals surface area contributed by atoms with Gasteiger partial charge in [0.15, 0.2) is 0 Å². The van der Waals surface area contributed by atoms with Crippen molar-refractivity contribution in [2.24, 2.45) is 0 Å². The second-order valence-electron chi connectivity index (χ2n) is 11.7. The van der Waals surface area contributed by atoms with Gasteiger partial charge < -0.3 is 15.5 Å². The molecule has 0 fully saturated rings. The van der Waals surface area contributed by atoms with Crippen LogP contribution in [0.5, 0.6) is 0 Å². The average molecular weight is 611 g/mol. The van der Waals surface area contributed by atoms with E-state index in [0.29, 0.717) is 24.2 Å². The van der Waals surface area contributed by atoms with E-state index in [-0.39, 0.29) is 11.8 Å². The molecule has 0 saturated heterocycles. The maximum absolute atomic E-state index is 14.2. The maximum atomic E-state index is 14.2. The first-order valence-corrected chi connectivity index (χ1v) is 15.6. The van der Waals surface area contributed by atoms with E-state index in [1.165, 1.54) is 0 Å². The van der Waals surface area contributed by atoms with Crippen molar-refractivity contribution < 1.29 is 9.59 Å². The molecule has 0 saturated carbocycles. The Labute approximate surface area is 272 Å². The summed E-state index contributed by atoms with van der Waals surface area (Å²) in [5.74, 6) is -0.364. The molecule has 2 heterocycles. The standard InChI is InChI=1S/C41H30N4O2/c46-40(43-29-13-3-1-4-14-29)34-23-27-11-7-9-17-32(27)38-36(34)25-45(31-19-21-42-22-20-31)26-37-35(41(47)44-30-15-5-2-6-16-30)24-28-12-8-10-18-33(28)39(37)38/h1-24H,25-26H2,(H,43,46)(H,44,47). The topological polar surface area (TPSA) is 74.3 Å². The number of pyridine rings is 1.